The average Bonchev–Trinajstić information content (AvgIpc) is 3.08. The Bertz CT molecular complexity index is 546. The molecule has 0 aliphatic heterocycles. The molecule has 0 aromatic rings. The van der Waals surface area contributed by atoms with Crippen molar-refractivity contribution in [3.8, 4) is 22.3 Å². The fourth-order valence-corrected chi connectivity index (χ4v) is 2.14. The summed E-state index contributed by atoms with van der Waals surface area (Å²) >= 11 is 0. The molecule has 0 aromatic heterocycles. The Morgan fingerprint density at radius 3 is 1.29 bits per heavy atom. The van der Waals surface area contributed by atoms with Gasteiger partial charge in [0.15, 0.2) is 0 Å². The molecule has 0 aromatic carbocycles. The standard InChI is InChI=1S/2C9H7.2CH3.Zr/c2*1-2-5-9-7-3-6-8(9)4-1;;;/h2*1-7H;2*1H3;/q4*-1;+4. The summed E-state index contributed by atoms with van der Waals surface area (Å²) in [7, 11) is 0. The van der Waals surface area contributed by atoms with Crippen LogP contribution in [0.1, 0.15) is 0 Å². The van der Waals surface area contributed by atoms with Gasteiger partial charge in [0.1, 0.15) is 0 Å². The van der Waals surface area contributed by atoms with Gasteiger partial charge in [-0.25, -0.2) is 0 Å². The maximum Gasteiger partial charge on any atom is 4.00 e. The molecule has 0 fully saturated rings. The molecule has 0 N–H and O–H groups in total. The molecule has 4 aliphatic carbocycles. The largest absolute Gasteiger partial charge is 4.00 e. The first-order chi connectivity index (χ1) is 8.93. The average molecular weight is 352 g/mol. The molecule has 1 heteroatoms. The van der Waals surface area contributed by atoms with Crippen molar-refractivity contribution in [2.24, 2.45) is 0 Å². The third-order valence-corrected chi connectivity index (χ3v) is 3.10. The topological polar surface area (TPSA) is 0 Å². The zero-order valence-corrected chi connectivity index (χ0v) is 15.0. The van der Waals surface area contributed by atoms with Crippen LogP contribution >= 0.6 is 0 Å². The Morgan fingerprint density at radius 2 is 0.905 bits per heavy atom. The van der Waals surface area contributed by atoms with Crippen LogP contribution < -0.4 is 0 Å². The third-order valence-electron chi connectivity index (χ3n) is 3.10. The molecule has 0 unspecified atom stereocenters. The fourth-order valence-electron chi connectivity index (χ4n) is 2.14. The van der Waals surface area contributed by atoms with Crippen LogP contribution in [-0.2, 0) is 26.2 Å². The van der Waals surface area contributed by atoms with Crippen molar-refractivity contribution >= 4 is 0 Å². The molecule has 0 spiro atoms. The molecule has 21 heavy (non-hydrogen) atoms. The molecule has 0 bridgehead atoms. The molecule has 0 saturated carbocycles. The van der Waals surface area contributed by atoms with E-state index in [0.29, 0.717) is 0 Å². The summed E-state index contributed by atoms with van der Waals surface area (Å²) in [6.07, 6.45) is 0. The van der Waals surface area contributed by atoms with Crippen molar-refractivity contribution in [2.75, 3.05) is 0 Å². The summed E-state index contributed by atoms with van der Waals surface area (Å²) in [5.74, 6) is 0. The zero-order valence-electron chi connectivity index (χ0n) is 12.6. The van der Waals surface area contributed by atoms with E-state index < -0.39 is 0 Å². The van der Waals surface area contributed by atoms with Crippen LogP contribution in [0, 0.1) is 14.9 Å². The molecule has 0 amide bonds. The van der Waals surface area contributed by atoms with Gasteiger partial charge in [0.25, 0.3) is 0 Å². The zero-order chi connectivity index (χ0) is 12.2. The molecule has 0 nitrogen and oxygen atoms in total. The Hall–Kier alpha value is -1.46. The van der Waals surface area contributed by atoms with Crippen molar-refractivity contribution < 1.29 is 26.2 Å². The van der Waals surface area contributed by atoms with E-state index in [1.807, 2.05) is 0 Å². The summed E-state index contributed by atoms with van der Waals surface area (Å²) in [6, 6.07) is 29.3. The predicted octanol–water partition coefficient (Wildman–Crippen LogP) is 5.92. The van der Waals surface area contributed by atoms with E-state index in [1.165, 1.54) is 22.3 Å². The maximum atomic E-state index is 2.12. The second kappa shape index (κ2) is 9.47. The molecule has 0 heterocycles. The summed E-state index contributed by atoms with van der Waals surface area (Å²) in [5, 5.41) is 0. The molecule has 0 saturated heterocycles. The predicted molar refractivity (Wildman–Crippen MR) is 90.1 cm³/mol. The van der Waals surface area contributed by atoms with Gasteiger partial charge in [-0.2, -0.15) is 48.5 Å². The van der Waals surface area contributed by atoms with E-state index in [0.717, 1.165) is 0 Å². The quantitative estimate of drug-likeness (QED) is 0.345. The van der Waals surface area contributed by atoms with Crippen molar-refractivity contribution in [2.45, 2.75) is 0 Å². The Kier molecular flexibility index (Phi) is 8.82. The van der Waals surface area contributed by atoms with Crippen LogP contribution in [0.3, 0.4) is 0 Å². The van der Waals surface area contributed by atoms with Crippen molar-refractivity contribution in [3.05, 3.63) is 99.8 Å². The minimum Gasteiger partial charge on any atom is -0.358 e. The molecule has 0 atom stereocenters. The van der Waals surface area contributed by atoms with E-state index in [4.69, 9.17) is 0 Å². The van der Waals surface area contributed by atoms with Gasteiger partial charge in [0, 0.05) is 0 Å². The maximum absolute atomic E-state index is 2.12. The number of rotatable bonds is 0. The molecular formula is C20H20Zr. The van der Waals surface area contributed by atoms with Gasteiger partial charge in [-0.1, -0.05) is 24.3 Å². The van der Waals surface area contributed by atoms with Crippen LogP contribution in [0.4, 0.5) is 0 Å². The Morgan fingerprint density at radius 1 is 0.524 bits per heavy atom. The molecule has 104 valence electrons. The Balaban J connectivity index is 0.000000333. The van der Waals surface area contributed by atoms with Gasteiger partial charge in [-0.3, -0.25) is 0 Å². The fraction of sp³-hybridized carbons (Fsp3) is 0. The number of hydrogen-bond donors (Lipinski definition) is 0. The van der Waals surface area contributed by atoms with Crippen molar-refractivity contribution in [3.63, 3.8) is 0 Å². The first kappa shape index (κ1) is 19.5. The van der Waals surface area contributed by atoms with Gasteiger partial charge in [0.05, 0.1) is 0 Å². The monoisotopic (exact) mass is 350 g/mol. The van der Waals surface area contributed by atoms with Gasteiger partial charge in [0.2, 0.25) is 0 Å². The van der Waals surface area contributed by atoms with Crippen LogP contribution in [0.15, 0.2) is 84.9 Å². The SMILES string of the molecule is [CH3-].[CH3-].[Zr+4].c1cc2cc[cH-]cc-2c1.c1cc2cc[cH-]cc-2c1. The van der Waals surface area contributed by atoms with Crippen LogP contribution in [0.2, 0.25) is 0 Å². The van der Waals surface area contributed by atoms with Gasteiger partial charge in [-0.05, 0) is 0 Å². The summed E-state index contributed by atoms with van der Waals surface area (Å²) < 4.78 is 0. The summed E-state index contributed by atoms with van der Waals surface area (Å²) in [4.78, 5) is 0. The van der Waals surface area contributed by atoms with E-state index in [9.17, 15) is 0 Å². The number of hydrogen-bond acceptors (Lipinski definition) is 0. The van der Waals surface area contributed by atoms with E-state index >= 15 is 0 Å². The summed E-state index contributed by atoms with van der Waals surface area (Å²) in [6.45, 7) is 0. The van der Waals surface area contributed by atoms with E-state index in [2.05, 4.69) is 84.9 Å². The number of benzene rings is 2. The first-order valence-electron chi connectivity index (χ1n) is 6.14. The molecule has 0 radical (unpaired) electrons. The molecule has 4 aliphatic rings. The van der Waals surface area contributed by atoms with Crippen molar-refractivity contribution in [1.82, 2.24) is 0 Å². The smallest absolute Gasteiger partial charge is 0.358 e. The number of fused-ring (bicyclic) bond motifs is 2. The second-order valence-corrected chi connectivity index (χ2v) is 4.31. The summed E-state index contributed by atoms with van der Waals surface area (Å²) in [5.41, 5.74) is 5.32. The molecular weight excluding hydrogens is 331 g/mol. The first-order valence-corrected chi connectivity index (χ1v) is 6.14. The van der Waals surface area contributed by atoms with Gasteiger partial charge < -0.3 is 14.9 Å². The Labute approximate surface area is 148 Å². The molecule has 4 rings (SSSR count). The van der Waals surface area contributed by atoms with Gasteiger partial charge in [-0.15, -0.1) is 34.4 Å². The van der Waals surface area contributed by atoms with Crippen molar-refractivity contribution in [1.29, 1.82) is 0 Å². The van der Waals surface area contributed by atoms with E-state index in [1.54, 1.807) is 0 Å². The van der Waals surface area contributed by atoms with Gasteiger partial charge >= 0.3 is 26.2 Å². The third kappa shape index (κ3) is 4.79. The van der Waals surface area contributed by atoms with Crippen LogP contribution in [-0.4, -0.2) is 0 Å². The minimum atomic E-state index is 0. The van der Waals surface area contributed by atoms with Crippen LogP contribution in [0.5, 0.6) is 0 Å². The minimum absolute atomic E-state index is 0. The van der Waals surface area contributed by atoms with Crippen LogP contribution in [0.25, 0.3) is 22.3 Å². The normalized spacial score (nSPS) is 8.76. The van der Waals surface area contributed by atoms with E-state index in [-0.39, 0.29) is 41.1 Å². The second-order valence-electron chi connectivity index (χ2n) is 4.31.